The monoisotopic (exact) mass is 248 g/mol. The third-order valence-electron chi connectivity index (χ3n) is 2.67. The molecule has 2 rings (SSSR count). The standard InChI is InChI=1S/C12H20N6/c1-3-5-13-7-12-10-18(16-15-12)9-11-6-14-17(4-2)8-11/h6,8,10,13H,3-5,7,9H2,1-2H3. The Kier molecular flexibility index (Phi) is 4.46. The van der Waals surface area contributed by atoms with Crippen LogP contribution in [0.4, 0.5) is 0 Å². The molecule has 2 aromatic heterocycles. The first-order valence-corrected chi connectivity index (χ1v) is 6.43. The molecule has 2 heterocycles. The molecule has 0 saturated carbocycles. The Bertz CT molecular complexity index is 472. The van der Waals surface area contributed by atoms with Crippen LogP contribution >= 0.6 is 0 Å². The second-order valence-electron chi connectivity index (χ2n) is 4.29. The van der Waals surface area contributed by atoms with Crippen LogP contribution in [0.2, 0.25) is 0 Å². The number of aromatic nitrogens is 5. The van der Waals surface area contributed by atoms with Gasteiger partial charge in [-0.3, -0.25) is 4.68 Å². The summed E-state index contributed by atoms with van der Waals surface area (Å²) < 4.78 is 3.76. The molecular weight excluding hydrogens is 228 g/mol. The van der Waals surface area contributed by atoms with Crippen LogP contribution in [0, 0.1) is 0 Å². The van der Waals surface area contributed by atoms with Crippen molar-refractivity contribution in [1.82, 2.24) is 30.1 Å². The van der Waals surface area contributed by atoms with E-state index in [1.165, 1.54) is 0 Å². The fourth-order valence-corrected chi connectivity index (χ4v) is 1.74. The van der Waals surface area contributed by atoms with Gasteiger partial charge in [0.1, 0.15) is 0 Å². The quantitative estimate of drug-likeness (QED) is 0.744. The fraction of sp³-hybridized carbons (Fsp3) is 0.583. The summed E-state index contributed by atoms with van der Waals surface area (Å²) in [4.78, 5) is 0. The number of hydrogen-bond donors (Lipinski definition) is 1. The molecule has 18 heavy (non-hydrogen) atoms. The minimum atomic E-state index is 0.723. The predicted octanol–water partition coefficient (Wildman–Crippen LogP) is 1.04. The molecule has 0 aromatic carbocycles. The smallest absolute Gasteiger partial charge is 0.0964 e. The van der Waals surface area contributed by atoms with E-state index in [0.29, 0.717) is 0 Å². The van der Waals surface area contributed by atoms with Crippen molar-refractivity contribution in [3.8, 4) is 0 Å². The number of aryl methyl sites for hydroxylation is 1. The van der Waals surface area contributed by atoms with Gasteiger partial charge >= 0.3 is 0 Å². The number of rotatable bonds is 7. The van der Waals surface area contributed by atoms with Crippen LogP contribution in [0.1, 0.15) is 31.5 Å². The lowest BCUT2D eigenvalue weighted by Crippen LogP contribution is -2.13. The number of hydrogen-bond acceptors (Lipinski definition) is 4. The van der Waals surface area contributed by atoms with Crippen molar-refractivity contribution < 1.29 is 0 Å². The molecule has 0 bridgehead atoms. The van der Waals surface area contributed by atoms with Crippen molar-refractivity contribution in [2.24, 2.45) is 0 Å². The van der Waals surface area contributed by atoms with Gasteiger partial charge in [-0.25, -0.2) is 4.68 Å². The van der Waals surface area contributed by atoms with E-state index in [1.807, 2.05) is 28.0 Å². The normalized spacial score (nSPS) is 11.0. The largest absolute Gasteiger partial charge is 0.311 e. The van der Waals surface area contributed by atoms with E-state index < -0.39 is 0 Å². The molecule has 0 aliphatic heterocycles. The minimum Gasteiger partial charge on any atom is -0.311 e. The minimum absolute atomic E-state index is 0.723. The Hall–Kier alpha value is -1.69. The Balaban J connectivity index is 1.89. The molecular formula is C12H20N6. The zero-order chi connectivity index (χ0) is 12.8. The molecule has 0 radical (unpaired) electrons. The summed E-state index contributed by atoms with van der Waals surface area (Å²) in [6.45, 7) is 7.63. The van der Waals surface area contributed by atoms with E-state index in [1.54, 1.807) is 0 Å². The van der Waals surface area contributed by atoms with Crippen molar-refractivity contribution in [3.63, 3.8) is 0 Å². The van der Waals surface area contributed by atoms with E-state index in [9.17, 15) is 0 Å². The van der Waals surface area contributed by atoms with Gasteiger partial charge in [0.05, 0.1) is 24.6 Å². The molecule has 0 aliphatic carbocycles. The summed E-state index contributed by atoms with van der Waals surface area (Å²) in [7, 11) is 0. The highest BCUT2D eigenvalue weighted by atomic mass is 15.4. The molecule has 1 N–H and O–H groups in total. The van der Waals surface area contributed by atoms with E-state index in [-0.39, 0.29) is 0 Å². The topological polar surface area (TPSA) is 60.6 Å². The third-order valence-corrected chi connectivity index (χ3v) is 2.67. The molecule has 0 atom stereocenters. The molecule has 0 fully saturated rings. The van der Waals surface area contributed by atoms with Gasteiger partial charge in [0, 0.05) is 24.8 Å². The maximum Gasteiger partial charge on any atom is 0.0964 e. The SMILES string of the molecule is CCCNCc1cn(Cc2cnn(CC)c2)nn1. The Labute approximate surface area is 107 Å². The Morgan fingerprint density at radius 1 is 1.22 bits per heavy atom. The summed E-state index contributed by atoms with van der Waals surface area (Å²) in [5.41, 5.74) is 2.13. The third kappa shape index (κ3) is 3.40. The summed E-state index contributed by atoms with van der Waals surface area (Å²) >= 11 is 0. The molecule has 0 saturated heterocycles. The number of nitrogens with zero attached hydrogens (tertiary/aromatic N) is 5. The van der Waals surface area contributed by atoms with Crippen molar-refractivity contribution >= 4 is 0 Å². The van der Waals surface area contributed by atoms with Crippen LogP contribution < -0.4 is 5.32 Å². The molecule has 0 unspecified atom stereocenters. The van der Waals surface area contributed by atoms with Gasteiger partial charge in [0.2, 0.25) is 0 Å². The number of nitrogens with one attached hydrogen (secondary N) is 1. The van der Waals surface area contributed by atoms with E-state index >= 15 is 0 Å². The summed E-state index contributed by atoms with van der Waals surface area (Å²) in [5, 5.41) is 15.8. The first-order valence-electron chi connectivity index (χ1n) is 6.43. The van der Waals surface area contributed by atoms with Crippen LogP contribution in [0.15, 0.2) is 18.6 Å². The van der Waals surface area contributed by atoms with Gasteiger partial charge in [-0.2, -0.15) is 5.10 Å². The molecule has 2 aromatic rings. The maximum absolute atomic E-state index is 4.24. The summed E-state index contributed by atoms with van der Waals surface area (Å²) in [6, 6.07) is 0. The predicted molar refractivity (Wildman–Crippen MR) is 69.0 cm³/mol. The average molecular weight is 248 g/mol. The van der Waals surface area contributed by atoms with Gasteiger partial charge in [-0.1, -0.05) is 12.1 Å². The van der Waals surface area contributed by atoms with Gasteiger partial charge < -0.3 is 5.32 Å². The molecule has 0 amide bonds. The van der Waals surface area contributed by atoms with Crippen LogP contribution in [-0.4, -0.2) is 31.3 Å². The van der Waals surface area contributed by atoms with E-state index in [2.05, 4.69) is 34.6 Å². The molecule has 6 heteroatoms. The van der Waals surface area contributed by atoms with Crippen molar-refractivity contribution in [1.29, 1.82) is 0 Å². The van der Waals surface area contributed by atoms with Crippen molar-refractivity contribution in [3.05, 3.63) is 29.8 Å². The maximum atomic E-state index is 4.24. The zero-order valence-corrected chi connectivity index (χ0v) is 11.0. The molecule has 98 valence electrons. The second-order valence-corrected chi connectivity index (χ2v) is 4.29. The molecule has 0 aliphatic rings. The summed E-state index contributed by atoms with van der Waals surface area (Å²) in [5.74, 6) is 0. The second kappa shape index (κ2) is 6.30. The molecule has 0 spiro atoms. The summed E-state index contributed by atoms with van der Waals surface area (Å²) in [6.07, 6.45) is 7.02. The average Bonchev–Trinajstić information content (AvgIpc) is 3.00. The highest BCUT2D eigenvalue weighted by Crippen LogP contribution is 2.01. The van der Waals surface area contributed by atoms with Crippen LogP contribution in [0.3, 0.4) is 0 Å². The lowest BCUT2D eigenvalue weighted by molar-refractivity contribution is 0.639. The lowest BCUT2D eigenvalue weighted by atomic mass is 10.3. The van der Waals surface area contributed by atoms with Crippen LogP contribution in [0.5, 0.6) is 0 Å². The molecule has 6 nitrogen and oxygen atoms in total. The van der Waals surface area contributed by atoms with Gasteiger partial charge in [0.25, 0.3) is 0 Å². The van der Waals surface area contributed by atoms with Crippen LogP contribution in [-0.2, 0) is 19.6 Å². The van der Waals surface area contributed by atoms with Crippen molar-refractivity contribution in [2.45, 2.75) is 39.9 Å². The van der Waals surface area contributed by atoms with Crippen molar-refractivity contribution in [2.75, 3.05) is 6.54 Å². The highest BCUT2D eigenvalue weighted by molar-refractivity contribution is 5.05. The van der Waals surface area contributed by atoms with Gasteiger partial charge in [0.15, 0.2) is 0 Å². The lowest BCUT2D eigenvalue weighted by Gasteiger charge is -1.98. The zero-order valence-electron chi connectivity index (χ0n) is 11.0. The fourth-order valence-electron chi connectivity index (χ4n) is 1.74. The van der Waals surface area contributed by atoms with E-state index in [0.717, 1.165) is 43.9 Å². The van der Waals surface area contributed by atoms with E-state index in [4.69, 9.17) is 0 Å². The Morgan fingerprint density at radius 2 is 2.11 bits per heavy atom. The van der Waals surface area contributed by atoms with Gasteiger partial charge in [-0.15, -0.1) is 5.10 Å². The van der Waals surface area contributed by atoms with Crippen LogP contribution in [0.25, 0.3) is 0 Å². The van der Waals surface area contributed by atoms with Gasteiger partial charge in [-0.05, 0) is 19.9 Å². The first-order chi connectivity index (χ1) is 8.81. The Morgan fingerprint density at radius 3 is 2.83 bits per heavy atom. The highest BCUT2D eigenvalue weighted by Gasteiger charge is 2.03. The first kappa shape index (κ1) is 12.8.